The number of ether oxygens (including phenoxy) is 1. The molecule has 3 N–H and O–H groups in total. The van der Waals surface area contributed by atoms with Crippen molar-refractivity contribution in [3.05, 3.63) is 64.6 Å². The van der Waals surface area contributed by atoms with Crippen LogP contribution in [0.15, 0.2) is 64.1 Å². The van der Waals surface area contributed by atoms with Gasteiger partial charge in [0.1, 0.15) is 12.4 Å². The average Bonchev–Trinajstić information content (AvgIpc) is 2.67. The second-order valence-corrected chi connectivity index (χ2v) is 6.27. The van der Waals surface area contributed by atoms with E-state index in [-0.39, 0.29) is 5.91 Å². The van der Waals surface area contributed by atoms with Gasteiger partial charge in [0.2, 0.25) is 0 Å². The van der Waals surface area contributed by atoms with Crippen LogP contribution < -0.4 is 20.7 Å². The minimum atomic E-state index is -0.104. The van der Waals surface area contributed by atoms with Crippen molar-refractivity contribution in [1.29, 1.82) is 0 Å². The fourth-order valence-electron chi connectivity index (χ4n) is 2.16. The molecule has 1 amide bonds. The topological polar surface area (TPSA) is 74.8 Å². The summed E-state index contributed by atoms with van der Waals surface area (Å²) in [6, 6.07) is 16.9. The average molecular weight is 419 g/mol. The smallest absolute Gasteiger partial charge is 0.251 e. The fraction of sp³-hybridized carbons (Fsp3) is 0.263. The molecule has 0 spiro atoms. The van der Waals surface area contributed by atoms with Gasteiger partial charge in [-0.25, -0.2) is 0 Å². The molecule has 0 aliphatic rings. The first-order chi connectivity index (χ1) is 12.7. The third-order valence-electron chi connectivity index (χ3n) is 3.42. The summed E-state index contributed by atoms with van der Waals surface area (Å²) in [6.45, 7) is 2.22. The van der Waals surface area contributed by atoms with Crippen LogP contribution in [0.25, 0.3) is 0 Å². The van der Waals surface area contributed by atoms with E-state index in [4.69, 9.17) is 4.74 Å². The molecule has 0 unspecified atom stereocenters. The molecule has 0 bridgehead atoms. The molecule has 0 fully saturated rings. The summed E-state index contributed by atoms with van der Waals surface area (Å²) < 4.78 is 6.49. The second-order valence-electron chi connectivity index (χ2n) is 5.35. The Bertz CT molecular complexity index is 722. The predicted molar refractivity (Wildman–Crippen MR) is 108 cm³/mol. The molecule has 0 heterocycles. The number of carbonyl (C=O) groups excluding carboxylic acids is 1. The van der Waals surface area contributed by atoms with Gasteiger partial charge in [-0.15, -0.1) is 0 Å². The lowest BCUT2D eigenvalue weighted by Crippen LogP contribution is -2.42. The molecule has 0 saturated heterocycles. The van der Waals surface area contributed by atoms with Crippen LogP contribution in [-0.4, -0.2) is 45.2 Å². The number of guanidine groups is 1. The van der Waals surface area contributed by atoms with Gasteiger partial charge in [-0.05, 0) is 30.3 Å². The van der Waals surface area contributed by atoms with Crippen molar-refractivity contribution in [3.8, 4) is 5.75 Å². The molecular formula is C19H23BrN4O2. The van der Waals surface area contributed by atoms with Gasteiger partial charge < -0.3 is 20.7 Å². The number of hydrogen-bond donors (Lipinski definition) is 3. The van der Waals surface area contributed by atoms with Gasteiger partial charge in [-0.2, -0.15) is 0 Å². The number of aliphatic imine (C=N–C) groups is 1. The summed E-state index contributed by atoms with van der Waals surface area (Å²) in [5, 5.41) is 9.17. The Balaban J connectivity index is 1.60. The van der Waals surface area contributed by atoms with Gasteiger partial charge in [-0.1, -0.05) is 40.2 Å². The van der Waals surface area contributed by atoms with Crippen LogP contribution in [-0.2, 0) is 0 Å². The summed E-state index contributed by atoms with van der Waals surface area (Å²) in [6.07, 6.45) is 0. The van der Waals surface area contributed by atoms with E-state index in [1.165, 1.54) is 0 Å². The summed E-state index contributed by atoms with van der Waals surface area (Å²) >= 11 is 3.36. The number of halogens is 1. The summed E-state index contributed by atoms with van der Waals surface area (Å²) in [4.78, 5) is 16.2. The Morgan fingerprint density at radius 1 is 1.00 bits per heavy atom. The van der Waals surface area contributed by atoms with E-state index in [1.54, 1.807) is 19.2 Å². The first-order valence-corrected chi connectivity index (χ1v) is 9.14. The molecule has 2 aromatic rings. The molecule has 26 heavy (non-hydrogen) atoms. The number of carbonyl (C=O) groups is 1. The fourth-order valence-corrected chi connectivity index (χ4v) is 2.56. The van der Waals surface area contributed by atoms with E-state index in [2.05, 4.69) is 36.9 Å². The maximum absolute atomic E-state index is 12.0. The highest BCUT2D eigenvalue weighted by Gasteiger charge is 2.05. The van der Waals surface area contributed by atoms with Crippen molar-refractivity contribution in [2.75, 3.05) is 33.3 Å². The van der Waals surface area contributed by atoms with E-state index in [1.807, 2.05) is 42.5 Å². The molecular weight excluding hydrogens is 396 g/mol. The Morgan fingerprint density at radius 3 is 2.46 bits per heavy atom. The van der Waals surface area contributed by atoms with Gasteiger partial charge in [0.15, 0.2) is 5.96 Å². The van der Waals surface area contributed by atoms with Crippen molar-refractivity contribution in [2.24, 2.45) is 4.99 Å². The highest BCUT2D eigenvalue weighted by atomic mass is 79.9. The number of nitrogens with zero attached hydrogens (tertiary/aromatic N) is 1. The van der Waals surface area contributed by atoms with Crippen molar-refractivity contribution >= 4 is 27.8 Å². The van der Waals surface area contributed by atoms with Crippen LogP contribution in [0.5, 0.6) is 5.75 Å². The molecule has 0 aromatic heterocycles. The van der Waals surface area contributed by atoms with Crippen molar-refractivity contribution in [2.45, 2.75) is 0 Å². The summed E-state index contributed by atoms with van der Waals surface area (Å²) in [5.41, 5.74) is 0.625. The van der Waals surface area contributed by atoms with E-state index < -0.39 is 0 Å². The number of nitrogens with one attached hydrogen (secondary N) is 3. The summed E-state index contributed by atoms with van der Waals surface area (Å²) in [5.74, 6) is 1.40. The molecule has 0 aliphatic heterocycles. The van der Waals surface area contributed by atoms with Gasteiger partial charge >= 0.3 is 0 Å². The third-order valence-corrected chi connectivity index (χ3v) is 3.91. The van der Waals surface area contributed by atoms with Gasteiger partial charge in [0, 0.05) is 30.2 Å². The zero-order valence-electron chi connectivity index (χ0n) is 14.7. The van der Waals surface area contributed by atoms with E-state index in [9.17, 15) is 4.79 Å². The Labute approximate surface area is 162 Å². The molecule has 0 atom stereocenters. The van der Waals surface area contributed by atoms with Crippen LogP contribution in [0.2, 0.25) is 0 Å². The number of para-hydroxylation sites is 1. The first kappa shape index (κ1) is 19.8. The van der Waals surface area contributed by atoms with Crippen LogP contribution in [0.4, 0.5) is 0 Å². The maximum Gasteiger partial charge on any atom is 0.251 e. The highest BCUT2D eigenvalue weighted by molar-refractivity contribution is 9.10. The van der Waals surface area contributed by atoms with E-state index >= 15 is 0 Å². The summed E-state index contributed by atoms with van der Waals surface area (Å²) in [7, 11) is 1.70. The Kier molecular flexibility index (Phi) is 8.48. The Hall–Kier alpha value is -2.54. The minimum absolute atomic E-state index is 0.104. The molecule has 0 saturated carbocycles. The lowest BCUT2D eigenvalue weighted by atomic mass is 10.2. The maximum atomic E-state index is 12.0. The SMILES string of the molecule is CN=C(NCCNC(=O)c1cccc(Br)c1)NCCOc1ccccc1. The normalized spacial score (nSPS) is 10.9. The molecule has 0 aliphatic carbocycles. The van der Waals surface area contributed by atoms with E-state index in [0.29, 0.717) is 37.8 Å². The van der Waals surface area contributed by atoms with Crippen LogP contribution in [0, 0.1) is 0 Å². The molecule has 0 radical (unpaired) electrons. The number of amides is 1. The predicted octanol–water partition coefficient (Wildman–Crippen LogP) is 2.42. The minimum Gasteiger partial charge on any atom is -0.492 e. The molecule has 2 rings (SSSR count). The molecule has 6 nitrogen and oxygen atoms in total. The Morgan fingerprint density at radius 2 is 1.73 bits per heavy atom. The van der Waals surface area contributed by atoms with Gasteiger partial charge in [-0.3, -0.25) is 9.79 Å². The lowest BCUT2D eigenvalue weighted by Gasteiger charge is -2.13. The highest BCUT2D eigenvalue weighted by Crippen LogP contribution is 2.11. The van der Waals surface area contributed by atoms with Gasteiger partial charge in [0.05, 0.1) is 6.54 Å². The van der Waals surface area contributed by atoms with Crippen molar-refractivity contribution in [3.63, 3.8) is 0 Å². The molecule has 2 aromatic carbocycles. The number of hydrogen-bond acceptors (Lipinski definition) is 3. The van der Waals surface area contributed by atoms with Crippen LogP contribution in [0.3, 0.4) is 0 Å². The number of rotatable bonds is 8. The first-order valence-electron chi connectivity index (χ1n) is 8.35. The number of benzene rings is 2. The van der Waals surface area contributed by atoms with E-state index in [0.717, 1.165) is 10.2 Å². The van der Waals surface area contributed by atoms with Crippen LogP contribution >= 0.6 is 15.9 Å². The quantitative estimate of drug-likeness (QED) is 0.349. The zero-order chi connectivity index (χ0) is 18.6. The molecule has 7 heteroatoms. The monoisotopic (exact) mass is 418 g/mol. The standard InChI is InChI=1S/C19H23BrN4O2/c1-21-19(24-12-13-26-17-8-3-2-4-9-17)23-11-10-22-18(25)15-6-5-7-16(20)14-15/h2-9,14H,10-13H2,1H3,(H,22,25)(H2,21,23,24). The molecule has 138 valence electrons. The van der Waals surface area contributed by atoms with Crippen molar-refractivity contribution in [1.82, 2.24) is 16.0 Å². The second kappa shape index (κ2) is 11.1. The third kappa shape index (κ3) is 7.14. The zero-order valence-corrected chi connectivity index (χ0v) is 16.3. The van der Waals surface area contributed by atoms with Crippen LogP contribution in [0.1, 0.15) is 10.4 Å². The van der Waals surface area contributed by atoms with Gasteiger partial charge in [0.25, 0.3) is 5.91 Å². The largest absolute Gasteiger partial charge is 0.492 e. The van der Waals surface area contributed by atoms with Crippen molar-refractivity contribution < 1.29 is 9.53 Å². The lowest BCUT2D eigenvalue weighted by molar-refractivity contribution is 0.0954.